The summed E-state index contributed by atoms with van der Waals surface area (Å²) >= 11 is 0. The Morgan fingerprint density at radius 2 is 1.62 bits per heavy atom. The monoisotopic (exact) mass is 289 g/mol. The molecule has 0 aliphatic carbocycles. The number of hydrogen-bond acceptors (Lipinski definition) is 2. The van der Waals surface area contributed by atoms with Crippen LogP contribution in [0.15, 0.2) is 36.6 Å². The van der Waals surface area contributed by atoms with E-state index in [1.54, 1.807) is 6.26 Å². The lowest BCUT2D eigenvalue weighted by Crippen LogP contribution is -2.26. The molecule has 0 heterocycles. The van der Waals surface area contributed by atoms with Crippen LogP contribution in [0.1, 0.15) is 59.4 Å². The smallest absolute Gasteiger partial charge is 0.130 e. The van der Waals surface area contributed by atoms with Gasteiger partial charge in [0.2, 0.25) is 0 Å². The Kier molecular flexibility index (Phi) is 7.35. The largest absolute Gasteiger partial charge is 0.491 e. The van der Waals surface area contributed by atoms with Crippen LogP contribution in [0.2, 0.25) is 0 Å². The van der Waals surface area contributed by atoms with Crippen molar-refractivity contribution in [1.82, 2.24) is 0 Å². The Hall–Kier alpha value is -1.44. The zero-order valence-corrected chi connectivity index (χ0v) is 14.4. The second-order valence-electron chi connectivity index (χ2n) is 5.71. The van der Waals surface area contributed by atoms with Crippen LogP contribution in [-0.2, 0) is 10.3 Å². The molecule has 0 bridgehead atoms. The van der Waals surface area contributed by atoms with Gasteiger partial charge >= 0.3 is 0 Å². The molecule has 1 rings (SSSR count). The summed E-state index contributed by atoms with van der Waals surface area (Å²) in [5.74, 6) is 0. The highest BCUT2D eigenvalue weighted by Crippen LogP contribution is 2.30. The van der Waals surface area contributed by atoms with Gasteiger partial charge in [-0.2, -0.15) is 0 Å². The molecule has 0 aliphatic heterocycles. The zero-order chi connectivity index (χ0) is 15.7. The van der Waals surface area contributed by atoms with Crippen LogP contribution >= 0.6 is 0 Å². The van der Waals surface area contributed by atoms with E-state index in [0.29, 0.717) is 0 Å². The zero-order valence-electron chi connectivity index (χ0n) is 14.4. The van der Waals surface area contributed by atoms with Crippen molar-refractivity contribution < 1.29 is 4.74 Å². The Labute approximate surface area is 130 Å². The maximum Gasteiger partial charge on any atom is 0.130 e. The Balaban J connectivity index is 2.93. The van der Waals surface area contributed by atoms with Gasteiger partial charge in [0.05, 0.1) is 6.26 Å². The predicted octanol–water partition coefficient (Wildman–Crippen LogP) is 5.49. The van der Waals surface area contributed by atoms with E-state index >= 15 is 0 Å². The van der Waals surface area contributed by atoms with Gasteiger partial charge in [-0.25, -0.2) is 0 Å². The van der Waals surface area contributed by atoms with E-state index in [4.69, 9.17) is 4.74 Å². The van der Waals surface area contributed by atoms with Crippen molar-refractivity contribution in [2.75, 3.05) is 18.0 Å². The van der Waals surface area contributed by atoms with E-state index < -0.39 is 0 Å². The molecule has 1 aromatic carbocycles. The topological polar surface area (TPSA) is 12.5 Å². The molecule has 118 valence electrons. The number of hydrogen-bond donors (Lipinski definition) is 0. The molecule has 2 nitrogen and oxygen atoms in total. The van der Waals surface area contributed by atoms with Gasteiger partial charge in [-0.3, -0.25) is 0 Å². The standard InChI is InChI=1S/C19H31NO/c1-6-14-20(15-7-2)18-12-10-17(11-13-18)19(5,9-4)21-16-8-3/h8,10-13,16H,6-7,9,14-15H2,1-5H3/b16-8-. The normalized spacial score (nSPS) is 14.1. The minimum Gasteiger partial charge on any atom is -0.491 e. The molecule has 0 N–H and O–H groups in total. The van der Waals surface area contributed by atoms with E-state index in [0.717, 1.165) is 19.5 Å². The molecule has 0 aliphatic rings. The van der Waals surface area contributed by atoms with Gasteiger partial charge in [0.25, 0.3) is 0 Å². The molecule has 0 aromatic heterocycles. The lowest BCUT2D eigenvalue weighted by molar-refractivity contribution is 0.0321. The molecule has 0 saturated carbocycles. The Morgan fingerprint density at radius 3 is 2.05 bits per heavy atom. The molecule has 0 saturated heterocycles. The van der Waals surface area contributed by atoms with Crippen LogP contribution < -0.4 is 4.90 Å². The maximum absolute atomic E-state index is 5.92. The second kappa shape index (κ2) is 8.76. The van der Waals surface area contributed by atoms with Crippen LogP contribution in [0.5, 0.6) is 0 Å². The van der Waals surface area contributed by atoms with Gasteiger partial charge in [0.1, 0.15) is 5.60 Å². The molecule has 21 heavy (non-hydrogen) atoms. The van der Waals surface area contributed by atoms with Gasteiger partial charge in [0, 0.05) is 18.8 Å². The van der Waals surface area contributed by atoms with Crippen LogP contribution in [0.3, 0.4) is 0 Å². The average molecular weight is 289 g/mol. The van der Waals surface area contributed by atoms with Gasteiger partial charge in [-0.1, -0.05) is 39.0 Å². The fourth-order valence-corrected chi connectivity index (χ4v) is 2.51. The molecule has 0 spiro atoms. The van der Waals surface area contributed by atoms with Crippen molar-refractivity contribution in [3.05, 3.63) is 42.2 Å². The quantitative estimate of drug-likeness (QED) is 0.557. The number of anilines is 1. The number of ether oxygens (including phenoxy) is 1. The lowest BCUT2D eigenvalue weighted by Gasteiger charge is -2.30. The summed E-state index contributed by atoms with van der Waals surface area (Å²) in [6, 6.07) is 8.88. The third-order valence-electron chi connectivity index (χ3n) is 3.97. The fourth-order valence-electron chi connectivity index (χ4n) is 2.51. The van der Waals surface area contributed by atoms with E-state index in [1.165, 1.54) is 24.1 Å². The summed E-state index contributed by atoms with van der Waals surface area (Å²) in [5.41, 5.74) is 2.30. The Morgan fingerprint density at radius 1 is 1.05 bits per heavy atom. The van der Waals surface area contributed by atoms with Crippen molar-refractivity contribution in [2.24, 2.45) is 0 Å². The summed E-state index contributed by atoms with van der Waals surface area (Å²) in [6.45, 7) is 13.0. The second-order valence-corrected chi connectivity index (χ2v) is 5.71. The van der Waals surface area contributed by atoms with Gasteiger partial charge in [-0.05, 0) is 50.8 Å². The first kappa shape index (κ1) is 17.6. The molecule has 1 aromatic rings. The first-order chi connectivity index (χ1) is 10.1. The summed E-state index contributed by atoms with van der Waals surface area (Å²) in [7, 11) is 0. The number of allylic oxidation sites excluding steroid dienone is 1. The summed E-state index contributed by atoms with van der Waals surface area (Å²) in [6.07, 6.45) is 7.03. The third kappa shape index (κ3) is 4.80. The van der Waals surface area contributed by atoms with Gasteiger partial charge in [-0.15, -0.1) is 0 Å². The van der Waals surface area contributed by atoms with Crippen LogP contribution in [0, 0.1) is 0 Å². The molecule has 0 radical (unpaired) electrons. The lowest BCUT2D eigenvalue weighted by atomic mass is 9.93. The minimum atomic E-state index is -0.245. The maximum atomic E-state index is 5.92. The van der Waals surface area contributed by atoms with E-state index in [-0.39, 0.29) is 5.60 Å². The molecule has 0 fully saturated rings. The highest BCUT2D eigenvalue weighted by atomic mass is 16.5. The first-order valence-corrected chi connectivity index (χ1v) is 8.25. The first-order valence-electron chi connectivity index (χ1n) is 8.25. The number of nitrogens with zero attached hydrogens (tertiary/aromatic N) is 1. The van der Waals surface area contributed by atoms with E-state index in [2.05, 4.69) is 56.9 Å². The molecule has 2 heteroatoms. The van der Waals surface area contributed by atoms with Crippen molar-refractivity contribution in [1.29, 1.82) is 0 Å². The van der Waals surface area contributed by atoms with Crippen molar-refractivity contribution in [3.8, 4) is 0 Å². The van der Waals surface area contributed by atoms with Gasteiger partial charge in [0.15, 0.2) is 0 Å². The molecular weight excluding hydrogens is 258 g/mol. The molecule has 1 atom stereocenters. The van der Waals surface area contributed by atoms with E-state index in [9.17, 15) is 0 Å². The van der Waals surface area contributed by atoms with Crippen molar-refractivity contribution in [2.45, 2.75) is 59.5 Å². The summed E-state index contributed by atoms with van der Waals surface area (Å²) in [4.78, 5) is 2.46. The number of rotatable bonds is 9. The highest BCUT2D eigenvalue weighted by molar-refractivity contribution is 5.48. The molecule has 0 amide bonds. The van der Waals surface area contributed by atoms with Gasteiger partial charge < -0.3 is 9.64 Å². The Bertz CT molecular complexity index is 418. The summed E-state index contributed by atoms with van der Waals surface area (Å²) in [5, 5.41) is 0. The van der Waals surface area contributed by atoms with Crippen molar-refractivity contribution in [3.63, 3.8) is 0 Å². The predicted molar refractivity (Wildman–Crippen MR) is 92.8 cm³/mol. The third-order valence-corrected chi connectivity index (χ3v) is 3.97. The van der Waals surface area contributed by atoms with Crippen molar-refractivity contribution >= 4 is 5.69 Å². The SMILES string of the molecule is C/C=C\OC(C)(CC)c1ccc(N(CCC)CCC)cc1. The van der Waals surface area contributed by atoms with E-state index in [1.807, 2.05) is 13.0 Å². The molecular formula is C19H31NO. The fraction of sp³-hybridized carbons (Fsp3) is 0.579. The highest BCUT2D eigenvalue weighted by Gasteiger charge is 2.25. The van der Waals surface area contributed by atoms with Crippen LogP contribution in [-0.4, -0.2) is 13.1 Å². The minimum absolute atomic E-state index is 0.245. The molecule has 1 unspecified atom stereocenters. The summed E-state index contributed by atoms with van der Waals surface area (Å²) < 4.78 is 5.92. The van der Waals surface area contributed by atoms with Crippen LogP contribution in [0.25, 0.3) is 0 Å². The van der Waals surface area contributed by atoms with Crippen LogP contribution in [0.4, 0.5) is 5.69 Å². The average Bonchev–Trinajstić information content (AvgIpc) is 2.52. The number of benzene rings is 1.